The number of ether oxygens (including phenoxy) is 1. The van der Waals surface area contributed by atoms with Gasteiger partial charge in [0.15, 0.2) is 0 Å². The van der Waals surface area contributed by atoms with Gasteiger partial charge in [-0.1, -0.05) is 68.3 Å². The first-order valence-corrected chi connectivity index (χ1v) is 12.6. The van der Waals surface area contributed by atoms with Crippen LogP contribution < -0.4 is 10.6 Å². The first kappa shape index (κ1) is 24.8. The second kappa shape index (κ2) is 11.4. The third-order valence-corrected chi connectivity index (χ3v) is 7.28. The van der Waals surface area contributed by atoms with Crippen LogP contribution in [0.2, 0.25) is 0 Å². The first-order valence-electron chi connectivity index (χ1n) is 12.6. The Morgan fingerprint density at radius 3 is 2.26 bits per heavy atom. The van der Waals surface area contributed by atoms with Gasteiger partial charge in [-0.3, -0.25) is 9.59 Å². The summed E-state index contributed by atoms with van der Waals surface area (Å²) in [5.74, 6) is -1.08. The molecular formula is C28H34N2O5. The average Bonchev–Trinajstić information content (AvgIpc) is 3.17. The Morgan fingerprint density at radius 1 is 1.00 bits per heavy atom. The van der Waals surface area contributed by atoms with Crippen LogP contribution in [-0.2, 0) is 14.3 Å². The number of rotatable bonds is 9. The zero-order valence-corrected chi connectivity index (χ0v) is 20.2. The van der Waals surface area contributed by atoms with E-state index in [1.807, 2.05) is 31.2 Å². The molecule has 3 atom stereocenters. The van der Waals surface area contributed by atoms with Crippen molar-refractivity contribution in [2.75, 3.05) is 6.61 Å². The second-order valence-corrected chi connectivity index (χ2v) is 9.60. The molecule has 0 bridgehead atoms. The molecule has 7 nitrogen and oxygen atoms in total. The lowest BCUT2D eigenvalue weighted by Gasteiger charge is -2.32. The molecule has 2 aliphatic rings. The fraction of sp³-hybridized carbons (Fsp3) is 0.464. The fourth-order valence-electron chi connectivity index (χ4n) is 5.47. The Kier molecular flexibility index (Phi) is 8.06. The third kappa shape index (κ3) is 6.02. The molecule has 3 N–H and O–H groups in total. The van der Waals surface area contributed by atoms with E-state index < -0.39 is 12.1 Å². The summed E-state index contributed by atoms with van der Waals surface area (Å²) in [5.41, 5.74) is 4.70. The highest BCUT2D eigenvalue weighted by Crippen LogP contribution is 2.44. The lowest BCUT2D eigenvalue weighted by molar-refractivity contribution is -0.137. The van der Waals surface area contributed by atoms with E-state index in [2.05, 4.69) is 34.9 Å². The number of alkyl carbamates (subject to hydrolysis) is 1. The molecule has 1 saturated carbocycles. The second-order valence-electron chi connectivity index (χ2n) is 9.60. The maximum Gasteiger partial charge on any atom is 0.407 e. The number of aliphatic carboxylic acids is 1. The number of hydrogen-bond donors (Lipinski definition) is 3. The van der Waals surface area contributed by atoms with Crippen LogP contribution in [0.3, 0.4) is 0 Å². The zero-order valence-electron chi connectivity index (χ0n) is 20.2. The van der Waals surface area contributed by atoms with Crippen LogP contribution in [0.4, 0.5) is 4.79 Å². The smallest absolute Gasteiger partial charge is 0.407 e. The number of carboxylic acid groups (broad SMARTS) is 1. The molecule has 2 aromatic rings. The zero-order chi connectivity index (χ0) is 24.8. The van der Waals surface area contributed by atoms with Gasteiger partial charge in [0.25, 0.3) is 0 Å². The van der Waals surface area contributed by atoms with Crippen molar-refractivity contribution in [3.63, 3.8) is 0 Å². The van der Waals surface area contributed by atoms with Crippen LogP contribution in [0.5, 0.6) is 0 Å². The fourth-order valence-corrected chi connectivity index (χ4v) is 5.47. The van der Waals surface area contributed by atoms with Crippen LogP contribution in [0, 0.1) is 5.92 Å². The van der Waals surface area contributed by atoms with Crippen LogP contribution >= 0.6 is 0 Å². The Hall–Kier alpha value is -3.35. The van der Waals surface area contributed by atoms with E-state index >= 15 is 0 Å². The predicted octanol–water partition coefficient (Wildman–Crippen LogP) is 4.84. The predicted molar refractivity (Wildman–Crippen MR) is 133 cm³/mol. The van der Waals surface area contributed by atoms with Gasteiger partial charge in [0.1, 0.15) is 6.61 Å². The summed E-state index contributed by atoms with van der Waals surface area (Å²) in [6, 6.07) is 15.9. The van der Waals surface area contributed by atoms with Gasteiger partial charge in [-0.15, -0.1) is 0 Å². The molecule has 186 valence electrons. The molecule has 35 heavy (non-hydrogen) atoms. The van der Waals surface area contributed by atoms with E-state index in [0.29, 0.717) is 6.42 Å². The van der Waals surface area contributed by atoms with Crippen LogP contribution in [0.15, 0.2) is 48.5 Å². The topological polar surface area (TPSA) is 105 Å². The molecule has 7 heteroatoms. The molecule has 2 amide bonds. The van der Waals surface area contributed by atoms with Crippen molar-refractivity contribution in [1.29, 1.82) is 0 Å². The lowest BCUT2D eigenvalue weighted by Crippen LogP contribution is -2.45. The summed E-state index contributed by atoms with van der Waals surface area (Å²) in [7, 11) is 0. The number of carbonyl (C=O) groups excluding carboxylic acids is 2. The summed E-state index contributed by atoms with van der Waals surface area (Å²) in [6.45, 7) is 2.11. The molecule has 0 saturated heterocycles. The van der Waals surface area contributed by atoms with Crippen molar-refractivity contribution in [2.45, 2.75) is 69.9 Å². The number of hydrogen-bond acceptors (Lipinski definition) is 4. The average molecular weight is 479 g/mol. The summed E-state index contributed by atoms with van der Waals surface area (Å²) < 4.78 is 5.71. The Balaban J connectivity index is 1.33. The number of fused-ring (bicyclic) bond motifs is 3. The largest absolute Gasteiger partial charge is 0.481 e. The molecule has 0 radical (unpaired) electrons. The molecule has 0 heterocycles. The molecular weight excluding hydrogens is 444 g/mol. The molecule has 1 fully saturated rings. The number of benzene rings is 2. The molecule has 0 spiro atoms. The van der Waals surface area contributed by atoms with Gasteiger partial charge in [-0.25, -0.2) is 4.79 Å². The SMILES string of the molecule is CCC(CC(=O)O)NC(=O)CC1CCCCC1NC(=O)OCC1c2ccccc2-c2ccccc21. The summed E-state index contributed by atoms with van der Waals surface area (Å²) in [4.78, 5) is 36.3. The first-order chi connectivity index (χ1) is 17.0. The summed E-state index contributed by atoms with van der Waals surface area (Å²) >= 11 is 0. The van der Waals surface area contributed by atoms with Crippen LogP contribution in [-0.4, -0.2) is 41.8 Å². The van der Waals surface area contributed by atoms with Gasteiger partial charge >= 0.3 is 12.1 Å². The normalized spacial score (nSPS) is 19.8. The van der Waals surface area contributed by atoms with Crippen molar-refractivity contribution < 1.29 is 24.2 Å². The minimum atomic E-state index is -0.926. The van der Waals surface area contributed by atoms with Crippen molar-refractivity contribution in [3.05, 3.63) is 59.7 Å². The van der Waals surface area contributed by atoms with E-state index in [4.69, 9.17) is 9.84 Å². The minimum absolute atomic E-state index is 0.00120. The van der Waals surface area contributed by atoms with Gasteiger partial charge in [0, 0.05) is 24.4 Å². The number of amides is 2. The van der Waals surface area contributed by atoms with Gasteiger partial charge in [-0.2, -0.15) is 0 Å². The molecule has 3 unspecified atom stereocenters. The molecule has 2 aliphatic carbocycles. The number of carboxylic acids is 1. The van der Waals surface area contributed by atoms with Gasteiger partial charge in [-0.05, 0) is 47.4 Å². The van der Waals surface area contributed by atoms with E-state index in [1.165, 1.54) is 22.3 Å². The third-order valence-electron chi connectivity index (χ3n) is 7.28. The number of nitrogens with one attached hydrogen (secondary N) is 2. The van der Waals surface area contributed by atoms with Gasteiger partial charge in [0.2, 0.25) is 5.91 Å². The van der Waals surface area contributed by atoms with Gasteiger partial charge < -0.3 is 20.5 Å². The van der Waals surface area contributed by atoms with Crippen molar-refractivity contribution in [2.24, 2.45) is 5.92 Å². The minimum Gasteiger partial charge on any atom is -0.481 e. The maximum absolute atomic E-state index is 12.8. The van der Waals surface area contributed by atoms with E-state index in [-0.39, 0.29) is 49.3 Å². The molecule has 0 aliphatic heterocycles. The van der Waals surface area contributed by atoms with E-state index in [0.717, 1.165) is 25.7 Å². The van der Waals surface area contributed by atoms with Crippen molar-refractivity contribution in [1.82, 2.24) is 10.6 Å². The maximum atomic E-state index is 12.8. The highest BCUT2D eigenvalue weighted by atomic mass is 16.5. The highest BCUT2D eigenvalue weighted by Gasteiger charge is 2.32. The van der Waals surface area contributed by atoms with Gasteiger partial charge in [0.05, 0.1) is 6.42 Å². The quantitative estimate of drug-likeness (QED) is 0.478. The monoisotopic (exact) mass is 478 g/mol. The lowest BCUT2D eigenvalue weighted by atomic mass is 9.82. The number of carbonyl (C=O) groups is 3. The van der Waals surface area contributed by atoms with E-state index in [1.54, 1.807) is 0 Å². The Labute approximate surface area is 206 Å². The molecule has 2 aromatic carbocycles. The molecule has 0 aromatic heterocycles. The van der Waals surface area contributed by atoms with Crippen molar-refractivity contribution in [3.8, 4) is 11.1 Å². The summed E-state index contributed by atoms with van der Waals surface area (Å²) in [6.07, 6.45) is 3.92. The van der Waals surface area contributed by atoms with Crippen molar-refractivity contribution >= 4 is 18.0 Å². The van der Waals surface area contributed by atoms with Crippen LogP contribution in [0.1, 0.15) is 68.9 Å². The van der Waals surface area contributed by atoms with E-state index in [9.17, 15) is 14.4 Å². The Morgan fingerprint density at radius 2 is 1.63 bits per heavy atom. The standard InChI is InChI=1S/C28H34N2O5/c1-2-19(16-27(32)33)29-26(31)15-18-9-3-8-14-25(18)30-28(34)35-17-24-22-12-6-4-10-20(22)21-11-5-7-13-23(21)24/h4-7,10-13,18-19,24-25H,2-3,8-9,14-17H2,1H3,(H,29,31)(H,30,34)(H,32,33). The Bertz CT molecular complexity index is 1020. The molecule has 4 rings (SSSR count). The summed E-state index contributed by atoms with van der Waals surface area (Å²) in [5, 5.41) is 14.9. The highest BCUT2D eigenvalue weighted by molar-refractivity contribution is 5.79. The van der Waals surface area contributed by atoms with Crippen LogP contribution in [0.25, 0.3) is 11.1 Å².